The summed E-state index contributed by atoms with van der Waals surface area (Å²) in [6.45, 7) is 10.8. The maximum absolute atomic E-state index is 13.4. The van der Waals surface area contributed by atoms with Crippen LogP contribution in [0.5, 0.6) is 0 Å². The lowest BCUT2D eigenvalue weighted by Crippen LogP contribution is -2.34. The number of aromatic nitrogens is 4. The predicted octanol–water partition coefficient (Wildman–Crippen LogP) is 8.59. The van der Waals surface area contributed by atoms with Gasteiger partial charge >= 0.3 is 5.97 Å². The van der Waals surface area contributed by atoms with Crippen molar-refractivity contribution in [3.8, 4) is 11.1 Å². The summed E-state index contributed by atoms with van der Waals surface area (Å²) in [5, 5.41) is 22.5. The van der Waals surface area contributed by atoms with Gasteiger partial charge in [0.15, 0.2) is 17.9 Å². The van der Waals surface area contributed by atoms with Crippen LogP contribution in [0, 0.1) is 16.7 Å². The Kier molecular flexibility index (Phi) is 18.6. The molecule has 0 spiro atoms. The maximum Gasteiger partial charge on any atom is 0.309 e. The summed E-state index contributed by atoms with van der Waals surface area (Å²) in [5.74, 6) is 0.655. The van der Waals surface area contributed by atoms with Crippen LogP contribution in [0.4, 0.5) is 11.4 Å². The average Bonchev–Trinajstić information content (AvgIpc) is 4.06. The van der Waals surface area contributed by atoms with E-state index in [1.54, 1.807) is 6.07 Å². The van der Waals surface area contributed by atoms with Gasteiger partial charge < -0.3 is 35.5 Å². The number of amides is 2. The molecule has 0 saturated heterocycles. The standard InChI is InChI=1S/C31H35Cl2N5O3.C10H16N2O.C8H18N2O/c1-34-21-7-3-5-19(25(21)32)20-6-4-8-22(26(20)33)36-28(39)27-35-23-17-38(15-9-24(23)37(27)2)16-14-30-10-12-31(18-30,13-11-30)29(40)41;1-4-6-9-8(5-2)11-10(7-13)12(9)3;1-8(3-5-9-2)4-6-10-7-11/h3-8,34H,9-18H2,1-2H3,(H,36,39)(H,40,41);7H,4-6H2,1-3H3;7-9H,3-6H2,1-2H3,(H,10,11). The molecule has 2 amide bonds. The van der Waals surface area contributed by atoms with Gasteiger partial charge in [-0.15, -0.1) is 0 Å². The van der Waals surface area contributed by atoms with Crippen molar-refractivity contribution in [2.24, 2.45) is 30.8 Å². The Labute approximate surface area is 394 Å². The van der Waals surface area contributed by atoms with E-state index in [-0.39, 0.29) is 11.3 Å². The van der Waals surface area contributed by atoms with Crippen LogP contribution >= 0.6 is 23.2 Å². The molecule has 16 heteroatoms. The van der Waals surface area contributed by atoms with Gasteiger partial charge in [-0.3, -0.25) is 24.1 Å². The number of rotatable bonds is 19. The first-order chi connectivity index (χ1) is 31.2. The summed E-state index contributed by atoms with van der Waals surface area (Å²) in [7, 11) is 7.56. The van der Waals surface area contributed by atoms with E-state index in [1.165, 1.54) is 12.1 Å². The molecule has 2 aromatic heterocycles. The van der Waals surface area contributed by atoms with Crippen molar-refractivity contribution in [3.63, 3.8) is 0 Å². The Morgan fingerprint density at radius 3 is 2.17 bits per heavy atom. The number of imidazole rings is 2. The molecule has 1 unspecified atom stereocenters. The van der Waals surface area contributed by atoms with Crippen LogP contribution in [0.3, 0.4) is 0 Å². The van der Waals surface area contributed by atoms with E-state index in [0.29, 0.717) is 39.8 Å². The zero-order valence-corrected chi connectivity index (χ0v) is 40.8. The van der Waals surface area contributed by atoms with E-state index in [9.17, 15) is 24.3 Å². The zero-order chi connectivity index (χ0) is 47.3. The first-order valence-electron chi connectivity index (χ1n) is 23.1. The number of hydrogen-bond donors (Lipinski definition) is 5. The minimum Gasteiger partial charge on any atom is -0.481 e. The average molecular weight is 935 g/mol. The number of aldehydes is 1. The number of carbonyl (C=O) groups is 4. The highest BCUT2D eigenvalue weighted by Crippen LogP contribution is 2.63. The molecule has 7 rings (SSSR count). The van der Waals surface area contributed by atoms with Gasteiger partial charge in [0.05, 0.1) is 38.2 Å². The molecule has 2 saturated carbocycles. The van der Waals surface area contributed by atoms with Gasteiger partial charge in [0, 0.05) is 69.7 Å². The van der Waals surface area contributed by atoms with Crippen molar-refractivity contribution in [3.05, 3.63) is 80.9 Å². The number of nitrogens with one attached hydrogen (secondary N) is 4. The van der Waals surface area contributed by atoms with Gasteiger partial charge in [0.1, 0.15) is 0 Å². The lowest BCUT2D eigenvalue weighted by Gasteiger charge is -2.32. The fourth-order valence-electron chi connectivity index (χ4n) is 9.75. The molecule has 4 aromatic rings. The monoisotopic (exact) mass is 933 g/mol. The van der Waals surface area contributed by atoms with Crippen molar-refractivity contribution in [1.82, 2.24) is 34.6 Å². The van der Waals surface area contributed by atoms with Gasteiger partial charge in [-0.2, -0.15) is 0 Å². The fourth-order valence-corrected chi connectivity index (χ4v) is 10.3. The van der Waals surface area contributed by atoms with E-state index in [0.717, 1.165) is 143 Å². The smallest absolute Gasteiger partial charge is 0.309 e. The highest BCUT2D eigenvalue weighted by molar-refractivity contribution is 6.39. The number of benzene rings is 2. The molecule has 354 valence electrons. The van der Waals surface area contributed by atoms with Crippen LogP contribution in [-0.4, -0.2) is 94.0 Å². The maximum atomic E-state index is 13.4. The number of hydrogen-bond acceptors (Lipinski definition) is 9. The second-order valence-corrected chi connectivity index (χ2v) is 18.7. The number of carboxylic acids is 1. The molecule has 2 fully saturated rings. The van der Waals surface area contributed by atoms with E-state index >= 15 is 0 Å². The number of aryl methyl sites for hydroxylation is 1. The van der Waals surface area contributed by atoms with E-state index < -0.39 is 11.4 Å². The molecule has 2 aromatic carbocycles. The van der Waals surface area contributed by atoms with Crippen LogP contribution in [-0.2, 0) is 49.5 Å². The van der Waals surface area contributed by atoms with E-state index in [1.807, 2.05) is 67.7 Å². The van der Waals surface area contributed by atoms with Gasteiger partial charge in [-0.05, 0) is 108 Å². The summed E-state index contributed by atoms with van der Waals surface area (Å²) in [6.07, 6.45) is 13.1. The number of carboxylic acid groups (broad SMARTS) is 1. The number of aliphatic carboxylic acids is 1. The quantitative estimate of drug-likeness (QED) is 0.0453. The lowest BCUT2D eigenvalue weighted by atomic mass is 9.80. The lowest BCUT2D eigenvalue weighted by molar-refractivity contribution is -0.148. The van der Waals surface area contributed by atoms with Crippen LogP contribution in [0.2, 0.25) is 10.0 Å². The van der Waals surface area contributed by atoms with Crippen molar-refractivity contribution < 1.29 is 24.3 Å². The van der Waals surface area contributed by atoms with Crippen LogP contribution < -0.4 is 21.3 Å². The number of nitrogens with zero attached hydrogens (tertiary/aromatic N) is 5. The third-order valence-corrected chi connectivity index (χ3v) is 14.6. The van der Waals surface area contributed by atoms with E-state index in [2.05, 4.69) is 51.9 Å². The minimum absolute atomic E-state index is 0.167. The minimum atomic E-state index is -0.612. The molecule has 2 bridgehead atoms. The van der Waals surface area contributed by atoms with Gasteiger partial charge in [0.2, 0.25) is 6.41 Å². The number of halogens is 2. The summed E-state index contributed by atoms with van der Waals surface area (Å²) in [6, 6.07) is 11.2. The Hall–Kier alpha value is -4.76. The number of anilines is 2. The van der Waals surface area contributed by atoms with Crippen LogP contribution in [0.15, 0.2) is 36.4 Å². The third-order valence-electron chi connectivity index (χ3n) is 13.7. The van der Waals surface area contributed by atoms with Crippen molar-refractivity contribution in [2.75, 3.05) is 50.9 Å². The highest BCUT2D eigenvalue weighted by atomic mass is 35.5. The summed E-state index contributed by atoms with van der Waals surface area (Å²) in [4.78, 5) is 57.2. The van der Waals surface area contributed by atoms with Crippen molar-refractivity contribution >= 4 is 59.1 Å². The van der Waals surface area contributed by atoms with Gasteiger partial charge in [0.25, 0.3) is 5.91 Å². The second kappa shape index (κ2) is 23.6. The molecule has 14 nitrogen and oxygen atoms in total. The SMILES string of the molecule is CCCc1c(CC)nc(C=O)n1C.CNCCC(C)CCNC=O.CNc1cccc(-c2cccc(NC(=O)c3nc4c(n3C)CCN(CCC35CCC(C(=O)O)(CC3)C5)C4)c2Cl)c1Cl. The second-order valence-electron chi connectivity index (χ2n) is 18.0. The topological polar surface area (TPSA) is 176 Å². The fraction of sp³-hybridized carbons (Fsp3) is 0.551. The molecule has 3 heterocycles. The largest absolute Gasteiger partial charge is 0.481 e. The normalized spacial score (nSPS) is 19.0. The Morgan fingerprint density at radius 1 is 0.923 bits per heavy atom. The van der Waals surface area contributed by atoms with Gasteiger partial charge in [-0.1, -0.05) is 74.7 Å². The number of fused-ring (bicyclic) bond motifs is 3. The van der Waals surface area contributed by atoms with Crippen LogP contribution in [0.25, 0.3) is 11.1 Å². The molecule has 65 heavy (non-hydrogen) atoms. The number of carbonyl (C=O) groups excluding carboxylic acids is 3. The van der Waals surface area contributed by atoms with Crippen molar-refractivity contribution in [2.45, 2.75) is 104 Å². The molecule has 1 atom stereocenters. The van der Waals surface area contributed by atoms with Gasteiger partial charge in [-0.25, -0.2) is 9.97 Å². The Morgan fingerprint density at radius 2 is 1.58 bits per heavy atom. The first kappa shape index (κ1) is 51.2. The molecular formula is C49H69Cl2N9O5. The Bertz CT molecular complexity index is 2270. The molecule has 1 aliphatic heterocycles. The molecular weight excluding hydrogens is 866 g/mol. The third kappa shape index (κ3) is 12.2. The molecule has 2 aliphatic carbocycles. The summed E-state index contributed by atoms with van der Waals surface area (Å²) in [5.41, 5.74) is 6.74. The molecule has 5 N–H and O–H groups in total. The first-order valence-corrected chi connectivity index (χ1v) is 23.8. The van der Waals surface area contributed by atoms with Crippen molar-refractivity contribution in [1.29, 1.82) is 0 Å². The van der Waals surface area contributed by atoms with E-state index in [4.69, 9.17) is 28.2 Å². The van der Waals surface area contributed by atoms with Crippen LogP contribution in [0.1, 0.15) is 123 Å². The summed E-state index contributed by atoms with van der Waals surface area (Å²) >= 11 is 13.4. The predicted molar refractivity (Wildman–Crippen MR) is 260 cm³/mol. The summed E-state index contributed by atoms with van der Waals surface area (Å²) < 4.78 is 3.79. The highest BCUT2D eigenvalue weighted by Gasteiger charge is 2.57. The molecule has 3 aliphatic rings. The zero-order valence-electron chi connectivity index (χ0n) is 39.3. The molecule has 0 radical (unpaired) electrons. The Balaban J connectivity index is 0.000000270.